The molecule has 0 saturated heterocycles. The summed E-state index contributed by atoms with van der Waals surface area (Å²) in [7, 11) is 0. The number of rotatable bonds is 8. The molecule has 188 valence electrons. The van der Waals surface area contributed by atoms with Crippen molar-refractivity contribution in [2.24, 2.45) is 0 Å². The molecule has 0 atom stereocenters. The molecular formula is C31H29N7. The Labute approximate surface area is 221 Å². The third kappa shape index (κ3) is 4.59. The van der Waals surface area contributed by atoms with Crippen LogP contribution in [0.2, 0.25) is 0 Å². The van der Waals surface area contributed by atoms with Crippen molar-refractivity contribution in [3.8, 4) is 33.6 Å². The highest BCUT2D eigenvalue weighted by Crippen LogP contribution is 2.31. The van der Waals surface area contributed by atoms with Gasteiger partial charge in [0, 0.05) is 23.2 Å². The largest absolute Gasteiger partial charge is 0.308 e. The number of unbranched alkanes of at least 4 members (excludes halogenated alkanes) is 1. The number of hydrogen-bond donors (Lipinski definition) is 1. The zero-order valence-corrected chi connectivity index (χ0v) is 21.6. The molecule has 3 heterocycles. The Hall–Kier alpha value is -4.65. The van der Waals surface area contributed by atoms with E-state index in [1.165, 1.54) is 11.1 Å². The molecule has 0 aliphatic heterocycles. The number of aromatic amines is 1. The molecule has 7 heteroatoms. The predicted octanol–water partition coefficient (Wildman–Crippen LogP) is 6.64. The zero-order chi connectivity index (χ0) is 25.9. The van der Waals surface area contributed by atoms with Crippen LogP contribution in [0.4, 0.5) is 0 Å². The van der Waals surface area contributed by atoms with Gasteiger partial charge in [0.15, 0.2) is 11.5 Å². The van der Waals surface area contributed by atoms with Crippen LogP contribution < -0.4 is 0 Å². The van der Waals surface area contributed by atoms with Crippen LogP contribution in [-0.4, -0.2) is 35.2 Å². The van der Waals surface area contributed by atoms with Crippen molar-refractivity contribution in [3.05, 3.63) is 102 Å². The second-order valence-electron chi connectivity index (χ2n) is 9.54. The van der Waals surface area contributed by atoms with Crippen LogP contribution in [-0.2, 0) is 13.0 Å². The third-order valence-electron chi connectivity index (χ3n) is 6.96. The molecule has 0 spiro atoms. The number of benzene rings is 3. The molecule has 6 rings (SSSR count). The van der Waals surface area contributed by atoms with Crippen LogP contribution in [0.1, 0.15) is 36.8 Å². The normalized spacial score (nSPS) is 11.3. The molecule has 7 nitrogen and oxygen atoms in total. The van der Waals surface area contributed by atoms with Crippen LogP contribution in [0.5, 0.6) is 0 Å². The lowest BCUT2D eigenvalue weighted by atomic mass is 9.98. The number of imidazole rings is 1. The standard InChI is InChI=1S/C31H29N7/c1-3-4-14-29-33-28-19-27(23-10-6-5-7-11-23)21(2)32-31(28)38(29)20-22-15-17-24(18-16-22)25-12-8-9-13-26(25)30-34-36-37-35-30/h5-13,15-19H,3-4,14,20H2,1-2H3,(H,34,35,36,37). The number of aromatic nitrogens is 7. The Morgan fingerprint density at radius 3 is 2.26 bits per heavy atom. The fourth-order valence-corrected chi connectivity index (χ4v) is 4.97. The van der Waals surface area contributed by atoms with Crippen molar-refractivity contribution in [2.75, 3.05) is 0 Å². The summed E-state index contributed by atoms with van der Waals surface area (Å²) < 4.78 is 2.29. The first-order valence-electron chi connectivity index (χ1n) is 13.1. The Kier molecular flexibility index (Phi) is 6.48. The number of H-pyrrole nitrogens is 1. The van der Waals surface area contributed by atoms with Crippen LogP contribution in [0.15, 0.2) is 84.9 Å². The number of pyridine rings is 1. The Balaban J connectivity index is 1.35. The number of nitrogens with one attached hydrogen (secondary N) is 1. The number of nitrogens with zero attached hydrogens (tertiary/aromatic N) is 6. The van der Waals surface area contributed by atoms with E-state index in [1.807, 2.05) is 24.3 Å². The van der Waals surface area contributed by atoms with E-state index in [-0.39, 0.29) is 0 Å². The monoisotopic (exact) mass is 499 g/mol. The topological polar surface area (TPSA) is 85.2 Å². The van der Waals surface area contributed by atoms with E-state index in [0.717, 1.165) is 70.7 Å². The summed E-state index contributed by atoms with van der Waals surface area (Å²) in [5, 5.41) is 14.4. The fourth-order valence-electron chi connectivity index (χ4n) is 4.97. The highest BCUT2D eigenvalue weighted by Gasteiger charge is 2.16. The van der Waals surface area contributed by atoms with E-state index in [1.54, 1.807) is 0 Å². The van der Waals surface area contributed by atoms with Crippen LogP contribution in [0.3, 0.4) is 0 Å². The Bertz CT molecular complexity index is 1670. The molecule has 3 aromatic carbocycles. The summed E-state index contributed by atoms with van der Waals surface area (Å²) >= 11 is 0. The van der Waals surface area contributed by atoms with Crippen molar-refractivity contribution < 1.29 is 0 Å². The van der Waals surface area contributed by atoms with Gasteiger partial charge in [0.1, 0.15) is 11.3 Å². The lowest BCUT2D eigenvalue weighted by Crippen LogP contribution is -2.06. The van der Waals surface area contributed by atoms with Gasteiger partial charge in [-0.1, -0.05) is 92.2 Å². The second-order valence-corrected chi connectivity index (χ2v) is 9.54. The van der Waals surface area contributed by atoms with Gasteiger partial charge in [0.05, 0.1) is 6.54 Å². The summed E-state index contributed by atoms with van der Waals surface area (Å²) in [6, 6.07) is 29.5. The van der Waals surface area contributed by atoms with E-state index in [2.05, 4.69) is 99.7 Å². The maximum atomic E-state index is 5.06. The summed E-state index contributed by atoms with van der Waals surface area (Å²) in [4.78, 5) is 10.1. The molecule has 3 aromatic heterocycles. The van der Waals surface area contributed by atoms with Crippen molar-refractivity contribution in [1.82, 2.24) is 35.2 Å². The molecular weight excluding hydrogens is 470 g/mol. The SMILES string of the molecule is CCCCc1nc2cc(-c3ccccc3)c(C)nc2n1Cc1ccc(-c2ccccc2-c2nnn[nH]2)cc1. The molecule has 0 fully saturated rings. The minimum atomic E-state index is 0.659. The maximum absolute atomic E-state index is 5.06. The summed E-state index contributed by atoms with van der Waals surface area (Å²) in [6.07, 6.45) is 3.16. The van der Waals surface area contributed by atoms with Gasteiger partial charge < -0.3 is 4.57 Å². The first kappa shape index (κ1) is 23.7. The highest BCUT2D eigenvalue weighted by atomic mass is 15.5. The van der Waals surface area contributed by atoms with E-state index in [4.69, 9.17) is 9.97 Å². The van der Waals surface area contributed by atoms with Crippen LogP contribution in [0, 0.1) is 6.92 Å². The lowest BCUT2D eigenvalue weighted by Gasteiger charge is -2.12. The van der Waals surface area contributed by atoms with Crippen molar-refractivity contribution in [2.45, 2.75) is 39.7 Å². The maximum Gasteiger partial charge on any atom is 0.180 e. The van der Waals surface area contributed by atoms with Crippen LogP contribution >= 0.6 is 0 Å². The van der Waals surface area contributed by atoms with Gasteiger partial charge in [-0.25, -0.2) is 15.1 Å². The van der Waals surface area contributed by atoms with Gasteiger partial charge in [-0.15, -0.1) is 5.10 Å². The molecule has 0 amide bonds. The smallest absolute Gasteiger partial charge is 0.180 e. The summed E-state index contributed by atoms with van der Waals surface area (Å²) in [5.41, 5.74) is 9.59. The third-order valence-corrected chi connectivity index (χ3v) is 6.96. The first-order valence-corrected chi connectivity index (χ1v) is 13.1. The minimum absolute atomic E-state index is 0.659. The van der Waals surface area contributed by atoms with Crippen LogP contribution in [0.25, 0.3) is 44.8 Å². The van der Waals surface area contributed by atoms with Crippen molar-refractivity contribution in [1.29, 1.82) is 0 Å². The van der Waals surface area contributed by atoms with Crippen molar-refractivity contribution >= 4 is 11.2 Å². The van der Waals surface area contributed by atoms with E-state index >= 15 is 0 Å². The first-order chi connectivity index (χ1) is 18.7. The number of aryl methyl sites for hydroxylation is 2. The van der Waals surface area contributed by atoms with E-state index in [0.29, 0.717) is 5.82 Å². The van der Waals surface area contributed by atoms with Gasteiger partial charge in [-0.05, 0) is 52.1 Å². The molecule has 0 unspecified atom stereocenters. The molecule has 38 heavy (non-hydrogen) atoms. The molecule has 0 radical (unpaired) electrons. The summed E-state index contributed by atoms with van der Waals surface area (Å²) in [5.74, 6) is 1.75. The number of hydrogen-bond acceptors (Lipinski definition) is 5. The number of tetrazole rings is 1. The molecule has 0 aliphatic carbocycles. The Morgan fingerprint density at radius 2 is 1.53 bits per heavy atom. The molecule has 0 bridgehead atoms. The second kappa shape index (κ2) is 10.4. The molecule has 6 aromatic rings. The average Bonchev–Trinajstić information content (AvgIpc) is 3.61. The van der Waals surface area contributed by atoms with Gasteiger partial charge in [-0.2, -0.15) is 0 Å². The Morgan fingerprint density at radius 1 is 0.789 bits per heavy atom. The quantitative estimate of drug-likeness (QED) is 0.254. The number of fused-ring (bicyclic) bond motifs is 1. The molecule has 0 aliphatic rings. The van der Waals surface area contributed by atoms with Gasteiger partial charge in [0.2, 0.25) is 0 Å². The predicted molar refractivity (Wildman–Crippen MR) is 150 cm³/mol. The molecule has 0 saturated carbocycles. The average molecular weight is 500 g/mol. The minimum Gasteiger partial charge on any atom is -0.308 e. The van der Waals surface area contributed by atoms with Gasteiger partial charge in [-0.3, -0.25) is 0 Å². The molecule has 1 N–H and O–H groups in total. The van der Waals surface area contributed by atoms with Gasteiger partial charge >= 0.3 is 0 Å². The van der Waals surface area contributed by atoms with E-state index < -0.39 is 0 Å². The summed E-state index contributed by atoms with van der Waals surface area (Å²) in [6.45, 7) is 5.02. The van der Waals surface area contributed by atoms with Crippen molar-refractivity contribution in [3.63, 3.8) is 0 Å². The lowest BCUT2D eigenvalue weighted by molar-refractivity contribution is 0.686. The highest BCUT2D eigenvalue weighted by molar-refractivity contribution is 5.81. The zero-order valence-electron chi connectivity index (χ0n) is 21.6. The van der Waals surface area contributed by atoms with E-state index in [9.17, 15) is 0 Å². The van der Waals surface area contributed by atoms with Gasteiger partial charge in [0.25, 0.3) is 0 Å². The fraction of sp³-hybridized carbons (Fsp3) is 0.194.